The molecule has 0 bridgehead atoms. The van der Waals surface area contributed by atoms with Gasteiger partial charge in [-0.3, -0.25) is 9.69 Å². The van der Waals surface area contributed by atoms with Crippen LogP contribution in [0.3, 0.4) is 0 Å². The van der Waals surface area contributed by atoms with Crippen molar-refractivity contribution in [3.05, 3.63) is 18.2 Å². The number of benzene rings is 1. The normalized spacial score (nSPS) is 15.7. The molecule has 1 saturated carbocycles. The third-order valence-electron chi connectivity index (χ3n) is 4.08. The van der Waals surface area contributed by atoms with Crippen LogP contribution >= 0.6 is 0 Å². The Balaban J connectivity index is 1.95. The Hall–Kier alpha value is -1.75. The molecule has 1 N–H and O–H groups in total. The summed E-state index contributed by atoms with van der Waals surface area (Å²) < 4.78 is 10.4. The number of hydrogen-bond acceptors (Lipinski definition) is 4. The quantitative estimate of drug-likeness (QED) is 0.838. The van der Waals surface area contributed by atoms with E-state index in [-0.39, 0.29) is 5.91 Å². The van der Waals surface area contributed by atoms with E-state index < -0.39 is 0 Å². The van der Waals surface area contributed by atoms with Crippen LogP contribution in [0.4, 0.5) is 5.69 Å². The van der Waals surface area contributed by atoms with Gasteiger partial charge in [0.25, 0.3) is 0 Å². The zero-order chi connectivity index (χ0) is 15.4. The predicted octanol–water partition coefficient (Wildman–Crippen LogP) is 2.37. The number of nitrogens with one attached hydrogen (secondary N) is 1. The summed E-state index contributed by atoms with van der Waals surface area (Å²) in [4.78, 5) is 14.3. The first-order chi connectivity index (χ1) is 10.0. The Morgan fingerprint density at radius 2 is 2.10 bits per heavy atom. The molecule has 0 heterocycles. The zero-order valence-corrected chi connectivity index (χ0v) is 13.2. The van der Waals surface area contributed by atoms with Crippen LogP contribution in [-0.2, 0) is 4.79 Å². The highest BCUT2D eigenvalue weighted by molar-refractivity contribution is 5.93. The monoisotopic (exact) mass is 292 g/mol. The number of likely N-dealkylation sites (N-methyl/N-ethyl adjacent to an activating group) is 1. The predicted molar refractivity (Wildman–Crippen MR) is 83.0 cm³/mol. The Kier molecular flexibility index (Phi) is 5.07. The van der Waals surface area contributed by atoms with Gasteiger partial charge in [-0.2, -0.15) is 0 Å². The lowest BCUT2D eigenvalue weighted by molar-refractivity contribution is -0.117. The van der Waals surface area contributed by atoms with Crippen molar-refractivity contribution in [1.82, 2.24) is 4.90 Å². The fraction of sp³-hybridized carbons (Fsp3) is 0.562. The number of anilines is 1. The zero-order valence-electron chi connectivity index (χ0n) is 13.2. The van der Waals surface area contributed by atoms with Crippen LogP contribution < -0.4 is 14.8 Å². The first-order valence-electron chi connectivity index (χ1n) is 7.27. The van der Waals surface area contributed by atoms with Gasteiger partial charge >= 0.3 is 0 Å². The maximum absolute atomic E-state index is 12.2. The standard InChI is InChI=1S/C16H24N2O3/c1-11(12-5-6-12)18(2)10-16(19)17-14-8-7-13(20-3)9-15(14)21-4/h7-9,11-12H,5-6,10H2,1-4H3,(H,17,19). The first-order valence-corrected chi connectivity index (χ1v) is 7.27. The lowest BCUT2D eigenvalue weighted by Gasteiger charge is -2.24. The number of ether oxygens (including phenoxy) is 2. The van der Waals surface area contributed by atoms with E-state index in [9.17, 15) is 4.79 Å². The Labute approximate surface area is 126 Å². The maximum atomic E-state index is 12.2. The van der Waals surface area contributed by atoms with Crippen molar-refractivity contribution < 1.29 is 14.3 Å². The molecule has 1 aliphatic carbocycles. The van der Waals surface area contributed by atoms with Gasteiger partial charge in [-0.1, -0.05) is 0 Å². The summed E-state index contributed by atoms with van der Waals surface area (Å²) in [6, 6.07) is 5.80. The minimum Gasteiger partial charge on any atom is -0.497 e. The Bertz CT molecular complexity index is 500. The minimum absolute atomic E-state index is 0.0338. The van der Waals surface area contributed by atoms with Gasteiger partial charge in [-0.25, -0.2) is 0 Å². The summed E-state index contributed by atoms with van der Waals surface area (Å²) in [6.45, 7) is 2.56. The summed E-state index contributed by atoms with van der Waals surface area (Å²) in [5, 5.41) is 2.90. The molecule has 0 aromatic heterocycles. The average molecular weight is 292 g/mol. The van der Waals surface area contributed by atoms with Gasteiger partial charge in [0.1, 0.15) is 11.5 Å². The highest BCUT2D eigenvalue weighted by Crippen LogP contribution is 2.34. The third-order valence-corrected chi connectivity index (χ3v) is 4.08. The van der Waals surface area contributed by atoms with E-state index in [0.29, 0.717) is 29.8 Å². The molecule has 0 saturated heterocycles. The summed E-state index contributed by atoms with van der Waals surface area (Å²) in [5.74, 6) is 2.01. The first kappa shape index (κ1) is 15.6. The van der Waals surface area contributed by atoms with E-state index in [4.69, 9.17) is 9.47 Å². The van der Waals surface area contributed by atoms with E-state index in [1.165, 1.54) is 12.8 Å². The molecule has 5 nitrogen and oxygen atoms in total. The SMILES string of the molecule is COc1ccc(NC(=O)CN(C)C(C)C2CC2)c(OC)c1. The van der Waals surface area contributed by atoms with Gasteiger partial charge in [-0.15, -0.1) is 0 Å². The molecule has 1 aliphatic rings. The Morgan fingerprint density at radius 3 is 2.67 bits per heavy atom. The lowest BCUT2D eigenvalue weighted by Crippen LogP contribution is -2.37. The highest BCUT2D eigenvalue weighted by atomic mass is 16.5. The molecule has 5 heteroatoms. The third kappa shape index (κ3) is 4.11. The topological polar surface area (TPSA) is 50.8 Å². The molecule has 1 atom stereocenters. The van der Waals surface area contributed by atoms with Gasteiger partial charge in [-0.05, 0) is 44.9 Å². The largest absolute Gasteiger partial charge is 0.497 e. The second-order valence-electron chi connectivity index (χ2n) is 5.61. The average Bonchev–Trinajstić information content (AvgIpc) is 3.31. The van der Waals surface area contributed by atoms with Gasteiger partial charge in [0.2, 0.25) is 5.91 Å². The molecule has 0 spiro atoms. The second-order valence-corrected chi connectivity index (χ2v) is 5.61. The molecule has 1 unspecified atom stereocenters. The number of carbonyl (C=O) groups excluding carboxylic acids is 1. The van der Waals surface area contributed by atoms with Crippen LogP contribution in [0, 0.1) is 5.92 Å². The number of hydrogen-bond donors (Lipinski definition) is 1. The smallest absolute Gasteiger partial charge is 0.238 e. The van der Waals surface area contributed by atoms with Gasteiger partial charge in [0, 0.05) is 12.1 Å². The van der Waals surface area contributed by atoms with Crippen LogP contribution in [0.1, 0.15) is 19.8 Å². The van der Waals surface area contributed by atoms with Crippen LogP contribution in [-0.4, -0.2) is 44.7 Å². The van der Waals surface area contributed by atoms with E-state index in [1.807, 2.05) is 7.05 Å². The highest BCUT2D eigenvalue weighted by Gasteiger charge is 2.31. The number of nitrogens with zero attached hydrogens (tertiary/aromatic N) is 1. The van der Waals surface area contributed by atoms with Crippen molar-refractivity contribution in [3.8, 4) is 11.5 Å². The van der Waals surface area contributed by atoms with Crippen LogP contribution in [0.5, 0.6) is 11.5 Å². The van der Waals surface area contributed by atoms with Crippen molar-refractivity contribution in [1.29, 1.82) is 0 Å². The number of rotatable bonds is 7. The van der Waals surface area contributed by atoms with Crippen molar-refractivity contribution in [2.24, 2.45) is 5.92 Å². The number of methoxy groups -OCH3 is 2. The number of carbonyl (C=O) groups is 1. The molecule has 1 aromatic carbocycles. The molecular formula is C16H24N2O3. The lowest BCUT2D eigenvalue weighted by atomic mass is 10.2. The van der Waals surface area contributed by atoms with Gasteiger partial charge in [0.05, 0.1) is 26.5 Å². The van der Waals surface area contributed by atoms with Crippen molar-refractivity contribution in [2.45, 2.75) is 25.8 Å². The van der Waals surface area contributed by atoms with Gasteiger partial charge in [0.15, 0.2) is 0 Å². The number of amides is 1. The van der Waals surface area contributed by atoms with Crippen molar-refractivity contribution in [2.75, 3.05) is 33.1 Å². The van der Waals surface area contributed by atoms with E-state index in [2.05, 4.69) is 17.1 Å². The van der Waals surface area contributed by atoms with Crippen molar-refractivity contribution in [3.63, 3.8) is 0 Å². The van der Waals surface area contributed by atoms with Crippen LogP contribution in [0.25, 0.3) is 0 Å². The fourth-order valence-corrected chi connectivity index (χ4v) is 2.40. The summed E-state index contributed by atoms with van der Waals surface area (Å²) in [7, 11) is 5.17. The summed E-state index contributed by atoms with van der Waals surface area (Å²) in [6.07, 6.45) is 2.55. The second kappa shape index (κ2) is 6.80. The molecule has 116 valence electrons. The fourth-order valence-electron chi connectivity index (χ4n) is 2.40. The maximum Gasteiger partial charge on any atom is 0.238 e. The molecule has 1 fully saturated rings. The molecule has 1 aromatic rings. The van der Waals surface area contributed by atoms with Crippen LogP contribution in [0.15, 0.2) is 18.2 Å². The van der Waals surface area contributed by atoms with E-state index >= 15 is 0 Å². The molecular weight excluding hydrogens is 268 g/mol. The van der Waals surface area contributed by atoms with Crippen molar-refractivity contribution >= 4 is 11.6 Å². The van der Waals surface area contributed by atoms with E-state index in [1.54, 1.807) is 32.4 Å². The van der Waals surface area contributed by atoms with E-state index in [0.717, 1.165) is 5.92 Å². The molecule has 21 heavy (non-hydrogen) atoms. The summed E-state index contributed by atoms with van der Waals surface area (Å²) in [5.41, 5.74) is 0.663. The van der Waals surface area contributed by atoms with Gasteiger partial charge < -0.3 is 14.8 Å². The molecule has 2 rings (SSSR count). The molecule has 0 aliphatic heterocycles. The molecule has 0 radical (unpaired) electrons. The summed E-state index contributed by atoms with van der Waals surface area (Å²) >= 11 is 0. The minimum atomic E-state index is -0.0338. The Morgan fingerprint density at radius 1 is 1.38 bits per heavy atom. The van der Waals surface area contributed by atoms with Crippen LogP contribution in [0.2, 0.25) is 0 Å². The molecule has 1 amide bonds.